The second kappa shape index (κ2) is 5.65. The summed E-state index contributed by atoms with van der Waals surface area (Å²) in [6, 6.07) is 0. The third kappa shape index (κ3) is 3.54. The van der Waals surface area contributed by atoms with Crippen molar-refractivity contribution in [2.24, 2.45) is 0 Å². The third-order valence-electron chi connectivity index (χ3n) is 2.74. The van der Waals surface area contributed by atoms with Crippen LogP contribution in [-0.2, 0) is 10.6 Å². The molecule has 1 aliphatic heterocycles. The number of halogens is 1. The Kier molecular flexibility index (Phi) is 4.18. The number of hydrogen-bond donors (Lipinski definition) is 0. The first-order chi connectivity index (χ1) is 8.17. The van der Waals surface area contributed by atoms with Crippen molar-refractivity contribution in [1.82, 2.24) is 9.97 Å². The maximum Gasteiger partial charge on any atom is 0.232 e. The SMILES string of the molecule is CC1CC(Oc2cncc(CCl)n2)CC(C)O1. The molecule has 1 saturated heterocycles. The molecule has 0 radical (unpaired) electrons. The van der Waals surface area contributed by atoms with Crippen molar-refractivity contribution < 1.29 is 9.47 Å². The molecule has 0 aromatic carbocycles. The van der Waals surface area contributed by atoms with E-state index in [0.717, 1.165) is 18.5 Å². The van der Waals surface area contributed by atoms with Gasteiger partial charge in [-0.3, -0.25) is 4.98 Å². The standard InChI is InChI=1S/C12H17ClN2O2/c1-8-3-11(4-9(2)16-8)17-12-7-14-6-10(5-13)15-12/h6-9,11H,3-5H2,1-2H3. The highest BCUT2D eigenvalue weighted by atomic mass is 35.5. The summed E-state index contributed by atoms with van der Waals surface area (Å²) in [5.41, 5.74) is 0.734. The molecular weight excluding hydrogens is 240 g/mol. The van der Waals surface area contributed by atoms with Gasteiger partial charge in [0.2, 0.25) is 5.88 Å². The van der Waals surface area contributed by atoms with Gasteiger partial charge in [0.05, 0.1) is 30.0 Å². The van der Waals surface area contributed by atoms with E-state index in [1.54, 1.807) is 12.4 Å². The Bertz CT molecular complexity index is 365. The van der Waals surface area contributed by atoms with E-state index in [-0.39, 0.29) is 18.3 Å². The molecule has 1 fully saturated rings. The summed E-state index contributed by atoms with van der Waals surface area (Å²) in [5.74, 6) is 0.902. The first-order valence-electron chi connectivity index (χ1n) is 5.86. The van der Waals surface area contributed by atoms with Crippen LogP contribution in [0.15, 0.2) is 12.4 Å². The molecule has 1 aromatic heterocycles. The Labute approximate surface area is 106 Å². The lowest BCUT2D eigenvalue weighted by Crippen LogP contribution is -2.35. The van der Waals surface area contributed by atoms with Gasteiger partial charge in [-0.1, -0.05) is 0 Å². The van der Waals surface area contributed by atoms with Crippen LogP contribution in [0.3, 0.4) is 0 Å². The Morgan fingerprint density at radius 1 is 1.35 bits per heavy atom. The second-order valence-electron chi connectivity index (χ2n) is 4.45. The number of hydrogen-bond acceptors (Lipinski definition) is 4. The van der Waals surface area contributed by atoms with E-state index < -0.39 is 0 Å². The largest absolute Gasteiger partial charge is 0.473 e. The van der Waals surface area contributed by atoms with Crippen molar-refractivity contribution in [2.45, 2.75) is 50.9 Å². The van der Waals surface area contributed by atoms with Crippen molar-refractivity contribution in [1.29, 1.82) is 0 Å². The molecule has 0 saturated carbocycles. The monoisotopic (exact) mass is 256 g/mol. The van der Waals surface area contributed by atoms with Crippen molar-refractivity contribution in [2.75, 3.05) is 0 Å². The van der Waals surface area contributed by atoms with Crippen LogP contribution in [-0.4, -0.2) is 28.3 Å². The molecule has 2 rings (SSSR count). The molecule has 4 nitrogen and oxygen atoms in total. The minimum atomic E-state index is 0.147. The molecule has 1 aliphatic rings. The summed E-state index contributed by atoms with van der Waals surface area (Å²) in [7, 11) is 0. The molecule has 5 heteroatoms. The number of rotatable bonds is 3. The summed E-state index contributed by atoms with van der Waals surface area (Å²) in [6.07, 6.45) is 5.65. The maximum absolute atomic E-state index is 5.83. The van der Waals surface area contributed by atoms with Gasteiger partial charge in [-0.25, -0.2) is 4.98 Å². The summed E-state index contributed by atoms with van der Waals surface area (Å²) < 4.78 is 11.5. The Morgan fingerprint density at radius 2 is 2.06 bits per heavy atom. The second-order valence-corrected chi connectivity index (χ2v) is 4.72. The number of ether oxygens (including phenoxy) is 2. The normalized spacial score (nSPS) is 29.0. The summed E-state index contributed by atoms with van der Waals surface area (Å²) in [4.78, 5) is 8.33. The zero-order chi connectivity index (χ0) is 12.3. The van der Waals surface area contributed by atoms with Gasteiger partial charge in [0.1, 0.15) is 6.10 Å². The molecule has 1 aromatic rings. The molecule has 0 bridgehead atoms. The fraction of sp³-hybridized carbons (Fsp3) is 0.667. The Morgan fingerprint density at radius 3 is 2.71 bits per heavy atom. The number of nitrogens with zero attached hydrogens (tertiary/aromatic N) is 2. The van der Waals surface area contributed by atoms with Gasteiger partial charge in [0, 0.05) is 19.0 Å². The maximum atomic E-state index is 5.83. The van der Waals surface area contributed by atoms with Gasteiger partial charge < -0.3 is 9.47 Å². The highest BCUT2D eigenvalue weighted by molar-refractivity contribution is 6.16. The summed E-state index contributed by atoms with van der Waals surface area (Å²) >= 11 is 5.71. The fourth-order valence-corrected chi connectivity index (χ4v) is 2.25. The van der Waals surface area contributed by atoms with Crippen molar-refractivity contribution in [3.8, 4) is 5.88 Å². The van der Waals surface area contributed by atoms with Crippen LogP contribution in [0.25, 0.3) is 0 Å². The van der Waals surface area contributed by atoms with E-state index in [1.807, 2.05) is 0 Å². The average Bonchev–Trinajstić information content (AvgIpc) is 2.28. The van der Waals surface area contributed by atoms with Gasteiger partial charge in [0.15, 0.2) is 0 Å². The van der Waals surface area contributed by atoms with Crippen molar-refractivity contribution >= 4 is 11.6 Å². The highest BCUT2D eigenvalue weighted by Crippen LogP contribution is 2.23. The Balaban J connectivity index is 1.99. The van der Waals surface area contributed by atoms with Crippen LogP contribution < -0.4 is 4.74 Å². The predicted octanol–water partition coefficient (Wildman–Crippen LogP) is 2.55. The lowest BCUT2D eigenvalue weighted by molar-refractivity contribution is -0.0730. The number of aromatic nitrogens is 2. The topological polar surface area (TPSA) is 44.2 Å². The molecule has 0 N–H and O–H groups in total. The molecule has 17 heavy (non-hydrogen) atoms. The zero-order valence-corrected chi connectivity index (χ0v) is 10.9. The van der Waals surface area contributed by atoms with Crippen molar-refractivity contribution in [3.63, 3.8) is 0 Å². The first kappa shape index (κ1) is 12.6. The average molecular weight is 257 g/mol. The molecule has 0 amide bonds. The van der Waals surface area contributed by atoms with Crippen LogP contribution >= 0.6 is 11.6 Å². The van der Waals surface area contributed by atoms with Gasteiger partial charge in [-0.05, 0) is 13.8 Å². The molecule has 2 atom stereocenters. The Hall–Kier alpha value is -0.870. The van der Waals surface area contributed by atoms with E-state index in [1.165, 1.54) is 0 Å². The van der Waals surface area contributed by atoms with E-state index in [9.17, 15) is 0 Å². The smallest absolute Gasteiger partial charge is 0.232 e. The van der Waals surface area contributed by atoms with E-state index in [2.05, 4.69) is 23.8 Å². The zero-order valence-electron chi connectivity index (χ0n) is 10.1. The minimum absolute atomic E-state index is 0.147. The van der Waals surface area contributed by atoms with Crippen LogP contribution in [0.2, 0.25) is 0 Å². The molecule has 94 valence electrons. The summed E-state index contributed by atoms with van der Waals surface area (Å²) in [5, 5.41) is 0. The highest BCUT2D eigenvalue weighted by Gasteiger charge is 2.26. The molecule has 0 spiro atoms. The summed E-state index contributed by atoms with van der Waals surface area (Å²) in [6.45, 7) is 4.12. The van der Waals surface area contributed by atoms with Gasteiger partial charge >= 0.3 is 0 Å². The van der Waals surface area contributed by atoms with Crippen LogP contribution in [0, 0.1) is 0 Å². The van der Waals surface area contributed by atoms with E-state index in [0.29, 0.717) is 11.8 Å². The third-order valence-corrected chi connectivity index (χ3v) is 3.01. The molecule has 0 aliphatic carbocycles. The van der Waals surface area contributed by atoms with Crippen molar-refractivity contribution in [3.05, 3.63) is 18.1 Å². The fourth-order valence-electron chi connectivity index (χ4n) is 2.12. The van der Waals surface area contributed by atoms with Crippen LogP contribution in [0.5, 0.6) is 5.88 Å². The molecule has 2 heterocycles. The van der Waals surface area contributed by atoms with Crippen LogP contribution in [0.1, 0.15) is 32.4 Å². The van der Waals surface area contributed by atoms with Gasteiger partial charge in [-0.2, -0.15) is 0 Å². The minimum Gasteiger partial charge on any atom is -0.473 e. The molecule has 2 unspecified atom stereocenters. The lowest BCUT2D eigenvalue weighted by atomic mass is 10.0. The van der Waals surface area contributed by atoms with E-state index >= 15 is 0 Å². The lowest BCUT2D eigenvalue weighted by Gasteiger charge is -2.31. The van der Waals surface area contributed by atoms with Crippen LogP contribution in [0.4, 0.5) is 0 Å². The molecular formula is C12H17ClN2O2. The van der Waals surface area contributed by atoms with Gasteiger partial charge in [-0.15, -0.1) is 11.6 Å². The van der Waals surface area contributed by atoms with E-state index in [4.69, 9.17) is 21.1 Å². The van der Waals surface area contributed by atoms with Gasteiger partial charge in [0.25, 0.3) is 0 Å². The quantitative estimate of drug-likeness (QED) is 0.780. The first-order valence-corrected chi connectivity index (χ1v) is 6.40. The number of alkyl halides is 1. The predicted molar refractivity (Wildman–Crippen MR) is 65.2 cm³/mol.